The van der Waals surface area contributed by atoms with Crippen LogP contribution in [0, 0.1) is 5.82 Å². The summed E-state index contributed by atoms with van der Waals surface area (Å²) in [4.78, 5) is 14.0. The van der Waals surface area contributed by atoms with Gasteiger partial charge in [0.15, 0.2) is 0 Å². The Morgan fingerprint density at radius 1 is 0.917 bits per heavy atom. The summed E-state index contributed by atoms with van der Waals surface area (Å²) in [5, 5.41) is 0. The fourth-order valence-corrected chi connectivity index (χ4v) is 3.45. The maximum Gasteiger partial charge on any atom is 0.202 e. The molecule has 2 aromatic carbocycles. The van der Waals surface area contributed by atoms with Crippen molar-refractivity contribution in [1.82, 2.24) is 0 Å². The van der Waals surface area contributed by atoms with Crippen LogP contribution in [0.3, 0.4) is 0 Å². The van der Waals surface area contributed by atoms with Gasteiger partial charge in [-0.15, -0.1) is 11.3 Å². The summed E-state index contributed by atoms with van der Waals surface area (Å²) in [6.07, 6.45) is 0. The molecule has 0 unspecified atom stereocenters. The van der Waals surface area contributed by atoms with Crippen LogP contribution in [0.1, 0.15) is 15.2 Å². The van der Waals surface area contributed by atoms with E-state index in [0.717, 1.165) is 10.4 Å². The van der Waals surface area contributed by atoms with Crippen molar-refractivity contribution in [3.05, 3.63) is 70.9 Å². The van der Waals surface area contributed by atoms with Crippen LogP contribution in [0.25, 0.3) is 10.4 Å². The highest BCUT2D eigenvalue weighted by Gasteiger charge is 2.17. The SMILES string of the molecule is COc1cccc(OC)c1-c1ccc(C(=O)c2ccc(F)cc2)s1. The number of hydrogen-bond acceptors (Lipinski definition) is 4. The van der Waals surface area contributed by atoms with Gasteiger partial charge < -0.3 is 9.47 Å². The van der Waals surface area contributed by atoms with Crippen LogP contribution in [0.5, 0.6) is 11.5 Å². The van der Waals surface area contributed by atoms with Crippen LogP contribution in [0.2, 0.25) is 0 Å². The van der Waals surface area contributed by atoms with E-state index >= 15 is 0 Å². The largest absolute Gasteiger partial charge is 0.496 e. The summed E-state index contributed by atoms with van der Waals surface area (Å²) in [6, 6.07) is 14.7. The van der Waals surface area contributed by atoms with E-state index in [2.05, 4.69) is 0 Å². The second-order valence-electron chi connectivity index (χ2n) is 5.04. The average Bonchev–Trinajstić information content (AvgIpc) is 3.10. The minimum absolute atomic E-state index is 0.139. The Morgan fingerprint density at radius 2 is 1.54 bits per heavy atom. The third-order valence-electron chi connectivity index (χ3n) is 3.61. The Bertz CT molecular complexity index is 846. The van der Waals surface area contributed by atoms with E-state index in [1.807, 2.05) is 24.3 Å². The van der Waals surface area contributed by atoms with E-state index in [1.165, 1.54) is 35.6 Å². The van der Waals surface area contributed by atoms with Gasteiger partial charge in [-0.2, -0.15) is 0 Å². The maximum absolute atomic E-state index is 13.0. The molecule has 24 heavy (non-hydrogen) atoms. The van der Waals surface area contributed by atoms with Gasteiger partial charge >= 0.3 is 0 Å². The lowest BCUT2D eigenvalue weighted by molar-refractivity contribution is 0.104. The van der Waals surface area contributed by atoms with Gasteiger partial charge in [-0.3, -0.25) is 4.79 Å². The zero-order valence-electron chi connectivity index (χ0n) is 13.2. The minimum atomic E-state index is -0.364. The van der Waals surface area contributed by atoms with Crippen LogP contribution < -0.4 is 9.47 Å². The van der Waals surface area contributed by atoms with Gasteiger partial charge in [0.05, 0.1) is 24.7 Å². The highest BCUT2D eigenvalue weighted by Crippen LogP contribution is 2.41. The first-order chi connectivity index (χ1) is 11.6. The molecule has 3 aromatic rings. The van der Waals surface area contributed by atoms with Crippen LogP contribution in [-0.4, -0.2) is 20.0 Å². The molecule has 0 bridgehead atoms. The van der Waals surface area contributed by atoms with Gasteiger partial charge in [-0.25, -0.2) is 4.39 Å². The fraction of sp³-hybridized carbons (Fsp3) is 0.105. The maximum atomic E-state index is 13.0. The Hall–Kier alpha value is -2.66. The lowest BCUT2D eigenvalue weighted by Gasteiger charge is -2.11. The molecule has 0 radical (unpaired) electrons. The normalized spacial score (nSPS) is 10.5. The number of benzene rings is 2. The van der Waals surface area contributed by atoms with Gasteiger partial charge in [0, 0.05) is 10.4 Å². The molecule has 122 valence electrons. The lowest BCUT2D eigenvalue weighted by atomic mass is 10.1. The zero-order chi connectivity index (χ0) is 17.1. The average molecular weight is 342 g/mol. The fourth-order valence-electron chi connectivity index (χ4n) is 2.43. The molecule has 0 saturated heterocycles. The molecule has 3 nitrogen and oxygen atoms in total. The molecule has 1 aromatic heterocycles. The molecule has 0 atom stereocenters. The monoisotopic (exact) mass is 342 g/mol. The number of ketones is 1. The molecular formula is C19H15FO3S. The van der Waals surface area contributed by atoms with Crippen LogP contribution in [0.15, 0.2) is 54.6 Å². The van der Waals surface area contributed by atoms with E-state index in [0.29, 0.717) is 21.9 Å². The highest BCUT2D eigenvalue weighted by atomic mass is 32.1. The van der Waals surface area contributed by atoms with Crippen LogP contribution in [0.4, 0.5) is 4.39 Å². The molecule has 0 amide bonds. The number of hydrogen-bond donors (Lipinski definition) is 0. The van der Waals surface area contributed by atoms with E-state index in [9.17, 15) is 9.18 Å². The predicted octanol–water partition coefficient (Wildman–Crippen LogP) is 4.80. The van der Waals surface area contributed by atoms with Gasteiger partial charge in [0.2, 0.25) is 5.78 Å². The molecule has 0 aliphatic heterocycles. The van der Waals surface area contributed by atoms with E-state index < -0.39 is 0 Å². The second kappa shape index (κ2) is 6.84. The van der Waals surface area contributed by atoms with Crippen molar-refractivity contribution in [2.45, 2.75) is 0 Å². The third kappa shape index (κ3) is 3.03. The minimum Gasteiger partial charge on any atom is -0.496 e. The molecule has 0 N–H and O–H groups in total. The van der Waals surface area contributed by atoms with Gasteiger partial charge in [-0.1, -0.05) is 6.07 Å². The number of halogens is 1. The second-order valence-corrected chi connectivity index (χ2v) is 6.12. The van der Waals surface area contributed by atoms with E-state index in [1.54, 1.807) is 20.3 Å². The molecule has 0 spiro atoms. The molecule has 0 aliphatic rings. The Kier molecular flexibility index (Phi) is 4.62. The zero-order valence-corrected chi connectivity index (χ0v) is 14.0. The molecule has 3 rings (SSSR count). The van der Waals surface area contributed by atoms with Crippen molar-refractivity contribution in [2.75, 3.05) is 14.2 Å². The summed E-state index contributed by atoms with van der Waals surface area (Å²) in [7, 11) is 3.19. The number of rotatable bonds is 5. The van der Waals surface area contributed by atoms with Gasteiger partial charge in [-0.05, 0) is 48.5 Å². The summed E-state index contributed by atoms with van der Waals surface area (Å²) < 4.78 is 23.8. The number of carbonyl (C=O) groups excluding carboxylic acids is 1. The molecule has 0 aliphatic carbocycles. The Morgan fingerprint density at radius 3 is 2.12 bits per heavy atom. The van der Waals surface area contributed by atoms with Gasteiger partial charge in [0.25, 0.3) is 0 Å². The summed E-state index contributed by atoms with van der Waals surface area (Å²) in [5.74, 6) is 0.853. The first-order valence-corrected chi connectivity index (χ1v) is 8.07. The predicted molar refractivity (Wildman–Crippen MR) is 92.7 cm³/mol. The van der Waals surface area contributed by atoms with Crippen molar-refractivity contribution < 1.29 is 18.7 Å². The quantitative estimate of drug-likeness (QED) is 0.625. The van der Waals surface area contributed by atoms with Crippen LogP contribution >= 0.6 is 11.3 Å². The van der Waals surface area contributed by atoms with Crippen molar-refractivity contribution >= 4 is 17.1 Å². The molecule has 0 saturated carbocycles. The summed E-state index contributed by atoms with van der Waals surface area (Å²) in [6.45, 7) is 0. The van der Waals surface area contributed by atoms with E-state index in [4.69, 9.17) is 9.47 Å². The van der Waals surface area contributed by atoms with Crippen LogP contribution in [-0.2, 0) is 0 Å². The van der Waals surface area contributed by atoms with Crippen molar-refractivity contribution in [1.29, 1.82) is 0 Å². The van der Waals surface area contributed by atoms with Crippen molar-refractivity contribution in [3.63, 3.8) is 0 Å². The topological polar surface area (TPSA) is 35.5 Å². The summed E-state index contributed by atoms with van der Waals surface area (Å²) >= 11 is 1.35. The first-order valence-electron chi connectivity index (χ1n) is 7.25. The third-order valence-corrected chi connectivity index (χ3v) is 4.71. The number of methoxy groups -OCH3 is 2. The Balaban J connectivity index is 2.00. The van der Waals surface area contributed by atoms with Crippen molar-refractivity contribution in [3.8, 4) is 21.9 Å². The van der Waals surface area contributed by atoms with Crippen molar-refractivity contribution in [2.24, 2.45) is 0 Å². The molecule has 5 heteroatoms. The number of thiophene rings is 1. The summed E-state index contributed by atoms with van der Waals surface area (Å²) in [5.41, 5.74) is 1.27. The molecule has 1 heterocycles. The smallest absolute Gasteiger partial charge is 0.202 e. The van der Waals surface area contributed by atoms with E-state index in [-0.39, 0.29) is 11.6 Å². The lowest BCUT2D eigenvalue weighted by Crippen LogP contribution is -1.98. The molecular weight excluding hydrogens is 327 g/mol. The Labute approximate surface area is 143 Å². The standard InChI is InChI=1S/C19H15FO3S/c1-22-14-4-3-5-15(23-2)18(14)16-10-11-17(24-16)19(21)12-6-8-13(20)9-7-12/h3-11H,1-2H3. The highest BCUT2D eigenvalue weighted by molar-refractivity contribution is 7.17. The first kappa shape index (κ1) is 16.2. The number of ether oxygens (including phenoxy) is 2. The molecule has 0 fully saturated rings. The van der Waals surface area contributed by atoms with Gasteiger partial charge in [0.1, 0.15) is 17.3 Å². The number of carbonyl (C=O) groups is 1.